The smallest absolute Gasteiger partial charge is 0.250 e. The van der Waals surface area contributed by atoms with Gasteiger partial charge in [-0.15, -0.1) is 0 Å². The zero-order chi connectivity index (χ0) is 24.5. The van der Waals surface area contributed by atoms with E-state index in [1.165, 1.54) is 7.11 Å². The predicted octanol–water partition coefficient (Wildman–Crippen LogP) is 4.90. The number of rotatable bonds is 11. The van der Waals surface area contributed by atoms with Crippen molar-refractivity contribution in [2.45, 2.75) is 52.6 Å². The van der Waals surface area contributed by atoms with Crippen molar-refractivity contribution in [2.75, 3.05) is 38.0 Å². The van der Waals surface area contributed by atoms with E-state index in [0.29, 0.717) is 18.2 Å². The van der Waals surface area contributed by atoms with Crippen molar-refractivity contribution >= 4 is 23.2 Å². The van der Waals surface area contributed by atoms with E-state index in [-0.39, 0.29) is 30.4 Å². The van der Waals surface area contributed by atoms with Crippen molar-refractivity contribution in [3.05, 3.63) is 59.7 Å². The van der Waals surface area contributed by atoms with Crippen LogP contribution < -0.4 is 10.2 Å². The Morgan fingerprint density at radius 2 is 1.70 bits per heavy atom. The lowest BCUT2D eigenvalue weighted by Gasteiger charge is -2.36. The Morgan fingerprint density at radius 1 is 1.03 bits per heavy atom. The van der Waals surface area contributed by atoms with E-state index in [2.05, 4.69) is 33.0 Å². The van der Waals surface area contributed by atoms with Crippen LogP contribution in [0.2, 0.25) is 0 Å². The maximum atomic E-state index is 13.9. The average Bonchev–Trinajstić information content (AvgIpc) is 2.78. The summed E-state index contributed by atoms with van der Waals surface area (Å²) >= 11 is 0. The van der Waals surface area contributed by atoms with Gasteiger partial charge in [-0.3, -0.25) is 9.59 Å². The molecule has 0 saturated carbocycles. The molecule has 0 fully saturated rings. The fourth-order valence-electron chi connectivity index (χ4n) is 3.96. The van der Waals surface area contributed by atoms with Crippen LogP contribution in [0.1, 0.15) is 51.2 Å². The van der Waals surface area contributed by atoms with E-state index in [9.17, 15) is 9.59 Å². The summed E-state index contributed by atoms with van der Waals surface area (Å²) < 4.78 is 4.93. The van der Waals surface area contributed by atoms with Gasteiger partial charge in [0.2, 0.25) is 11.8 Å². The van der Waals surface area contributed by atoms with Gasteiger partial charge in [0.1, 0.15) is 6.61 Å². The molecule has 180 valence electrons. The number of nitrogens with one attached hydrogen (secondary N) is 1. The minimum Gasteiger partial charge on any atom is -0.377 e. The molecular formula is C27H39N3O3. The largest absolute Gasteiger partial charge is 0.377 e. The maximum absolute atomic E-state index is 13.9. The first-order valence-electron chi connectivity index (χ1n) is 11.6. The van der Waals surface area contributed by atoms with Gasteiger partial charge in [0.05, 0.1) is 5.92 Å². The Hall–Kier alpha value is -2.86. The molecule has 0 heterocycles. The lowest BCUT2D eigenvalue weighted by atomic mass is 9.92. The molecule has 0 bridgehead atoms. The molecule has 0 unspecified atom stereocenters. The fourth-order valence-corrected chi connectivity index (χ4v) is 3.96. The molecule has 2 amide bonds. The summed E-state index contributed by atoms with van der Waals surface area (Å²) in [5, 5.41) is 2.88. The number of hydrogen-bond acceptors (Lipinski definition) is 4. The molecule has 0 spiro atoms. The molecule has 6 nitrogen and oxygen atoms in total. The van der Waals surface area contributed by atoms with Crippen molar-refractivity contribution in [3.8, 4) is 0 Å². The van der Waals surface area contributed by atoms with Crippen LogP contribution in [-0.2, 0) is 20.9 Å². The van der Waals surface area contributed by atoms with Crippen LogP contribution in [0.5, 0.6) is 0 Å². The van der Waals surface area contributed by atoms with Crippen LogP contribution >= 0.6 is 0 Å². The Morgan fingerprint density at radius 3 is 2.24 bits per heavy atom. The van der Waals surface area contributed by atoms with E-state index in [0.717, 1.165) is 23.2 Å². The van der Waals surface area contributed by atoms with Gasteiger partial charge in [-0.05, 0) is 48.6 Å². The minimum atomic E-state index is -0.209. The van der Waals surface area contributed by atoms with Gasteiger partial charge in [-0.2, -0.15) is 0 Å². The molecule has 2 aromatic carbocycles. The zero-order valence-electron chi connectivity index (χ0n) is 21.1. The van der Waals surface area contributed by atoms with Crippen molar-refractivity contribution < 1.29 is 14.3 Å². The molecule has 2 atom stereocenters. The lowest BCUT2D eigenvalue weighted by molar-refractivity contribution is -0.136. The number of benzene rings is 2. The number of amides is 2. The summed E-state index contributed by atoms with van der Waals surface area (Å²) in [7, 11) is 5.46. The monoisotopic (exact) mass is 453 g/mol. The molecule has 6 heteroatoms. The van der Waals surface area contributed by atoms with Crippen molar-refractivity contribution in [1.29, 1.82) is 0 Å². The van der Waals surface area contributed by atoms with E-state index < -0.39 is 0 Å². The SMILES string of the molecule is CC[C@@H](C(=O)N(Cc1cc(NC(=O)COC)ccc1N(C)C)[C@@H](C)C(C)C)c1ccccc1. The van der Waals surface area contributed by atoms with Gasteiger partial charge >= 0.3 is 0 Å². The first kappa shape index (κ1) is 26.4. The average molecular weight is 454 g/mol. The molecule has 0 aromatic heterocycles. The summed E-state index contributed by atoms with van der Waals surface area (Å²) in [5.41, 5.74) is 3.73. The van der Waals surface area contributed by atoms with Crippen molar-refractivity contribution in [3.63, 3.8) is 0 Å². The molecule has 0 aliphatic heterocycles. The number of methoxy groups -OCH3 is 1. The highest BCUT2D eigenvalue weighted by Gasteiger charge is 2.30. The van der Waals surface area contributed by atoms with E-state index in [1.807, 2.05) is 72.4 Å². The van der Waals surface area contributed by atoms with Crippen molar-refractivity contribution in [2.24, 2.45) is 5.92 Å². The Bertz CT molecular complexity index is 912. The third kappa shape index (κ3) is 7.06. The van der Waals surface area contributed by atoms with Gasteiger partial charge < -0.3 is 19.9 Å². The van der Waals surface area contributed by atoms with Gasteiger partial charge in [-0.25, -0.2) is 0 Å². The van der Waals surface area contributed by atoms with E-state index in [4.69, 9.17) is 4.74 Å². The molecule has 0 radical (unpaired) electrons. The lowest BCUT2D eigenvalue weighted by Crippen LogP contribution is -2.43. The second-order valence-corrected chi connectivity index (χ2v) is 9.04. The Balaban J connectivity index is 2.44. The number of nitrogens with zero attached hydrogens (tertiary/aromatic N) is 2. The van der Waals surface area contributed by atoms with Gasteiger partial charge in [0.25, 0.3) is 0 Å². The van der Waals surface area contributed by atoms with Crippen LogP contribution in [-0.4, -0.2) is 50.6 Å². The zero-order valence-corrected chi connectivity index (χ0v) is 21.1. The van der Waals surface area contributed by atoms with Crippen LogP contribution in [0.25, 0.3) is 0 Å². The third-order valence-corrected chi connectivity index (χ3v) is 6.11. The quantitative estimate of drug-likeness (QED) is 0.525. The van der Waals surface area contributed by atoms with Crippen molar-refractivity contribution in [1.82, 2.24) is 4.90 Å². The predicted molar refractivity (Wildman–Crippen MR) is 136 cm³/mol. The second kappa shape index (κ2) is 12.4. The van der Waals surface area contributed by atoms with E-state index >= 15 is 0 Å². The number of carbonyl (C=O) groups is 2. The summed E-state index contributed by atoms with van der Waals surface area (Å²) in [6.07, 6.45) is 0.734. The van der Waals surface area contributed by atoms with Gasteiger partial charge in [0, 0.05) is 45.2 Å². The van der Waals surface area contributed by atoms with Crippen LogP contribution in [0.4, 0.5) is 11.4 Å². The van der Waals surface area contributed by atoms with Crippen LogP contribution in [0, 0.1) is 5.92 Å². The molecule has 1 N–H and O–H groups in total. The van der Waals surface area contributed by atoms with E-state index in [1.54, 1.807) is 0 Å². The molecule has 33 heavy (non-hydrogen) atoms. The number of anilines is 2. The topological polar surface area (TPSA) is 61.9 Å². The summed E-state index contributed by atoms with van der Waals surface area (Å²) in [5.74, 6) is 0.0255. The van der Waals surface area contributed by atoms with Crippen LogP contribution in [0.15, 0.2) is 48.5 Å². The maximum Gasteiger partial charge on any atom is 0.250 e. The highest BCUT2D eigenvalue weighted by atomic mass is 16.5. The number of hydrogen-bond donors (Lipinski definition) is 1. The standard InChI is InChI=1S/C27H39N3O3/c1-8-24(21-12-10-9-11-13-21)27(32)30(20(4)19(2)3)17-22-16-23(28-26(31)18-33-7)14-15-25(22)29(5)6/h9-16,19-20,24H,8,17-18H2,1-7H3,(H,28,31)/t20-,24+/m0/s1. The number of carbonyl (C=O) groups excluding carboxylic acids is 2. The fraction of sp³-hybridized carbons (Fsp3) is 0.481. The molecular weight excluding hydrogens is 414 g/mol. The van der Waals surface area contributed by atoms with Gasteiger partial charge in [-0.1, -0.05) is 51.1 Å². The minimum absolute atomic E-state index is 0.00495. The molecule has 0 aliphatic carbocycles. The third-order valence-electron chi connectivity index (χ3n) is 6.11. The summed E-state index contributed by atoms with van der Waals surface area (Å²) in [6.45, 7) is 8.91. The highest BCUT2D eigenvalue weighted by Crippen LogP contribution is 2.30. The summed E-state index contributed by atoms with van der Waals surface area (Å²) in [6, 6.07) is 15.9. The first-order chi connectivity index (χ1) is 15.7. The van der Waals surface area contributed by atoms with Gasteiger partial charge in [0.15, 0.2) is 0 Å². The Labute approximate surface area is 198 Å². The highest BCUT2D eigenvalue weighted by molar-refractivity contribution is 5.92. The molecule has 2 aromatic rings. The second-order valence-electron chi connectivity index (χ2n) is 9.04. The first-order valence-corrected chi connectivity index (χ1v) is 11.6. The molecule has 0 saturated heterocycles. The Kier molecular flexibility index (Phi) is 9.92. The number of ether oxygens (including phenoxy) is 1. The normalized spacial score (nSPS) is 12.8. The molecule has 2 rings (SSSR count). The molecule has 0 aliphatic rings. The summed E-state index contributed by atoms with van der Waals surface area (Å²) in [4.78, 5) is 30.0. The van der Waals surface area contributed by atoms with Crippen LogP contribution in [0.3, 0.4) is 0 Å².